The Morgan fingerprint density at radius 1 is 1.30 bits per heavy atom. The highest BCUT2D eigenvalue weighted by atomic mass is 16.2. The number of carbonyl (C=O) groups is 1. The van der Waals surface area contributed by atoms with Crippen LogP contribution in [0.3, 0.4) is 0 Å². The van der Waals surface area contributed by atoms with Gasteiger partial charge in [0.25, 0.3) is 0 Å². The lowest BCUT2D eigenvalue weighted by Gasteiger charge is -2.30. The molecule has 1 amide bonds. The van der Waals surface area contributed by atoms with E-state index in [0.717, 1.165) is 31.9 Å². The summed E-state index contributed by atoms with van der Waals surface area (Å²) >= 11 is 0. The van der Waals surface area contributed by atoms with Crippen LogP contribution in [0.15, 0.2) is 30.3 Å². The van der Waals surface area contributed by atoms with Crippen molar-refractivity contribution < 1.29 is 4.79 Å². The number of aromatic nitrogens is 4. The minimum atomic E-state index is -0.332. The van der Waals surface area contributed by atoms with Crippen molar-refractivity contribution in [3.8, 4) is 5.69 Å². The molecule has 1 aliphatic rings. The van der Waals surface area contributed by atoms with Crippen molar-refractivity contribution in [2.45, 2.75) is 19.4 Å². The molecule has 0 saturated carbocycles. The summed E-state index contributed by atoms with van der Waals surface area (Å²) < 4.78 is 1.60. The van der Waals surface area contributed by atoms with Crippen molar-refractivity contribution in [3.05, 3.63) is 30.3 Å². The largest absolute Gasteiger partial charge is 0.341 e. The molecule has 8 heteroatoms. The number of hydrogen-bond acceptors (Lipinski definition) is 6. The molecule has 1 aromatic heterocycles. The van der Waals surface area contributed by atoms with Crippen molar-refractivity contribution in [3.63, 3.8) is 0 Å². The predicted octanol–water partition coefficient (Wildman–Crippen LogP) is 0.285. The van der Waals surface area contributed by atoms with E-state index in [1.807, 2.05) is 42.2 Å². The number of carbonyl (C=O) groups excluding carboxylic acids is 1. The topological polar surface area (TPSA) is 88.0 Å². The van der Waals surface area contributed by atoms with Gasteiger partial charge in [-0.2, -0.15) is 4.68 Å². The molecule has 122 valence electrons. The Morgan fingerprint density at radius 3 is 2.74 bits per heavy atom. The number of nitrogens with zero attached hydrogens (tertiary/aromatic N) is 5. The van der Waals surface area contributed by atoms with Crippen molar-refractivity contribution in [1.29, 1.82) is 0 Å². The number of benzene rings is 1. The molecule has 2 heterocycles. The SMILES string of the molecule is CCC(Nc1nnnn1-c1ccccc1)C(=O)N1CCNCC1. The first kappa shape index (κ1) is 15.4. The Morgan fingerprint density at radius 2 is 2.04 bits per heavy atom. The van der Waals surface area contributed by atoms with E-state index < -0.39 is 0 Å². The van der Waals surface area contributed by atoms with E-state index in [9.17, 15) is 4.79 Å². The molecule has 0 bridgehead atoms. The standard InChI is InChI=1S/C15H21N7O/c1-2-13(14(23)21-10-8-16-9-11-21)17-15-18-19-20-22(15)12-6-4-3-5-7-12/h3-7,13,16H,2,8-11H2,1H3,(H,17,18,20). The molecule has 1 saturated heterocycles. The van der Waals surface area contributed by atoms with Crippen molar-refractivity contribution in [2.24, 2.45) is 0 Å². The van der Waals surface area contributed by atoms with Crippen LogP contribution in [0.1, 0.15) is 13.3 Å². The lowest BCUT2D eigenvalue weighted by atomic mass is 10.2. The van der Waals surface area contributed by atoms with Crippen LogP contribution in [-0.2, 0) is 4.79 Å². The normalized spacial score (nSPS) is 16.1. The number of anilines is 1. The van der Waals surface area contributed by atoms with Gasteiger partial charge in [0.15, 0.2) is 0 Å². The van der Waals surface area contributed by atoms with Gasteiger partial charge in [0, 0.05) is 26.2 Å². The summed E-state index contributed by atoms with van der Waals surface area (Å²) in [5.41, 5.74) is 0.851. The molecule has 1 fully saturated rings. The number of amides is 1. The first-order valence-corrected chi connectivity index (χ1v) is 7.89. The number of rotatable bonds is 5. The number of hydrogen-bond donors (Lipinski definition) is 2. The molecule has 23 heavy (non-hydrogen) atoms. The summed E-state index contributed by atoms with van der Waals surface area (Å²) in [7, 11) is 0. The van der Waals surface area contributed by atoms with Gasteiger partial charge in [0.1, 0.15) is 6.04 Å². The van der Waals surface area contributed by atoms with Gasteiger partial charge >= 0.3 is 0 Å². The van der Waals surface area contributed by atoms with E-state index in [1.165, 1.54) is 0 Å². The summed E-state index contributed by atoms with van der Waals surface area (Å²) in [5.74, 6) is 0.572. The van der Waals surface area contributed by atoms with Gasteiger partial charge < -0.3 is 15.5 Å². The monoisotopic (exact) mass is 315 g/mol. The Kier molecular flexibility index (Phi) is 4.82. The van der Waals surface area contributed by atoms with E-state index in [0.29, 0.717) is 12.4 Å². The van der Waals surface area contributed by atoms with Crippen molar-refractivity contribution >= 4 is 11.9 Å². The third-order valence-electron chi connectivity index (χ3n) is 3.91. The van der Waals surface area contributed by atoms with Gasteiger partial charge in [-0.25, -0.2) is 0 Å². The molecule has 1 unspecified atom stereocenters. The second-order valence-electron chi connectivity index (χ2n) is 5.43. The molecular formula is C15H21N7O. The molecule has 2 aromatic rings. The summed E-state index contributed by atoms with van der Waals surface area (Å²) in [6.07, 6.45) is 0.671. The van der Waals surface area contributed by atoms with Gasteiger partial charge in [-0.15, -0.1) is 0 Å². The Balaban J connectivity index is 1.75. The lowest BCUT2D eigenvalue weighted by Crippen LogP contribution is -2.51. The summed E-state index contributed by atoms with van der Waals surface area (Å²) in [6.45, 7) is 5.13. The second-order valence-corrected chi connectivity index (χ2v) is 5.43. The molecule has 0 spiro atoms. The molecule has 1 atom stereocenters. The molecule has 0 radical (unpaired) electrons. The van der Waals surface area contributed by atoms with Crippen LogP contribution in [-0.4, -0.2) is 63.2 Å². The van der Waals surface area contributed by atoms with Gasteiger partial charge in [-0.1, -0.05) is 30.2 Å². The highest BCUT2D eigenvalue weighted by molar-refractivity contribution is 5.84. The zero-order chi connectivity index (χ0) is 16.1. The zero-order valence-electron chi connectivity index (χ0n) is 13.1. The average Bonchev–Trinajstić information content (AvgIpc) is 3.09. The minimum Gasteiger partial charge on any atom is -0.341 e. The van der Waals surface area contributed by atoms with E-state index in [2.05, 4.69) is 26.2 Å². The molecule has 2 N–H and O–H groups in total. The third kappa shape index (κ3) is 3.48. The maximum absolute atomic E-state index is 12.7. The number of tetrazole rings is 1. The van der Waals surface area contributed by atoms with Crippen LogP contribution in [0, 0.1) is 0 Å². The Hall–Kier alpha value is -2.48. The number of para-hydroxylation sites is 1. The first-order valence-electron chi connectivity index (χ1n) is 7.89. The maximum Gasteiger partial charge on any atom is 0.248 e. The van der Waals surface area contributed by atoms with Crippen LogP contribution in [0.25, 0.3) is 5.69 Å². The van der Waals surface area contributed by atoms with Crippen LogP contribution in [0.5, 0.6) is 0 Å². The molecule has 0 aliphatic carbocycles. The summed E-state index contributed by atoms with van der Waals surface area (Å²) in [6, 6.07) is 9.28. The van der Waals surface area contributed by atoms with Crippen molar-refractivity contribution in [1.82, 2.24) is 30.4 Å². The Labute approximate surface area is 134 Å². The molecule has 3 rings (SSSR count). The highest BCUT2D eigenvalue weighted by Gasteiger charge is 2.25. The van der Waals surface area contributed by atoms with Crippen LogP contribution in [0.2, 0.25) is 0 Å². The van der Waals surface area contributed by atoms with Gasteiger partial charge in [0.05, 0.1) is 5.69 Å². The molecule has 8 nitrogen and oxygen atoms in total. The predicted molar refractivity (Wildman–Crippen MR) is 86.3 cm³/mol. The lowest BCUT2D eigenvalue weighted by molar-refractivity contribution is -0.132. The van der Waals surface area contributed by atoms with E-state index in [-0.39, 0.29) is 11.9 Å². The van der Waals surface area contributed by atoms with Crippen molar-refractivity contribution in [2.75, 3.05) is 31.5 Å². The minimum absolute atomic E-state index is 0.0941. The quantitative estimate of drug-likeness (QED) is 0.824. The van der Waals surface area contributed by atoms with Gasteiger partial charge in [-0.05, 0) is 29.0 Å². The molecular weight excluding hydrogens is 294 g/mol. The van der Waals surface area contributed by atoms with E-state index in [4.69, 9.17) is 0 Å². The van der Waals surface area contributed by atoms with Gasteiger partial charge in [0.2, 0.25) is 11.9 Å². The van der Waals surface area contributed by atoms with E-state index in [1.54, 1.807) is 4.68 Å². The zero-order valence-corrected chi connectivity index (χ0v) is 13.1. The second kappa shape index (κ2) is 7.19. The smallest absolute Gasteiger partial charge is 0.248 e. The molecule has 1 aromatic carbocycles. The fourth-order valence-electron chi connectivity index (χ4n) is 2.62. The third-order valence-corrected chi connectivity index (χ3v) is 3.91. The van der Waals surface area contributed by atoms with E-state index >= 15 is 0 Å². The number of piperazine rings is 1. The first-order chi connectivity index (χ1) is 11.3. The highest BCUT2D eigenvalue weighted by Crippen LogP contribution is 2.13. The fourth-order valence-corrected chi connectivity index (χ4v) is 2.62. The summed E-state index contributed by atoms with van der Waals surface area (Å²) in [5, 5.41) is 18.2. The maximum atomic E-state index is 12.7. The van der Waals surface area contributed by atoms with Crippen LogP contribution >= 0.6 is 0 Å². The van der Waals surface area contributed by atoms with Gasteiger partial charge in [-0.3, -0.25) is 4.79 Å². The fraction of sp³-hybridized carbons (Fsp3) is 0.467. The van der Waals surface area contributed by atoms with Crippen LogP contribution < -0.4 is 10.6 Å². The summed E-state index contributed by atoms with van der Waals surface area (Å²) in [4.78, 5) is 14.5. The molecule has 1 aliphatic heterocycles. The van der Waals surface area contributed by atoms with Crippen LogP contribution in [0.4, 0.5) is 5.95 Å². The number of nitrogens with one attached hydrogen (secondary N) is 2. The Bertz CT molecular complexity index is 636. The average molecular weight is 315 g/mol.